The SMILES string of the molecule is CSCO/N=C(\C(=O)O)c1nc(N)sc1Br. The first kappa shape index (κ1) is 13.3. The largest absolute Gasteiger partial charge is 0.476 e. The second kappa shape index (κ2) is 6.06. The van der Waals surface area contributed by atoms with E-state index in [9.17, 15) is 4.79 Å². The predicted molar refractivity (Wildman–Crippen MR) is 67.9 cm³/mol. The average Bonchev–Trinajstić information content (AvgIpc) is 2.52. The smallest absolute Gasteiger partial charge is 0.360 e. The number of oxime groups is 1. The van der Waals surface area contributed by atoms with E-state index >= 15 is 0 Å². The maximum Gasteiger partial charge on any atom is 0.360 e. The van der Waals surface area contributed by atoms with Crippen molar-refractivity contribution < 1.29 is 14.7 Å². The predicted octanol–water partition coefficient (Wildman–Crippen LogP) is 1.61. The maximum absolute atomic E-state index is 10.9. The number of nitrogens with zero attached hydrogens (tertiary/aromatic N) is 2. The van der Waals surface area contributed by atoms with Crippen molar-refractivity contribution in [2.24, 2.45) is 5.16 Å². The van der Waals surface area contributed by atoms with Gasteiger partial charge in [-0.15, -0.1) is 11.8 Å². The topological polar surface area (TPSA) is 97.8 Å². The number of nitrogen functional groups attached to an aromatic ring is 1. The van der Waals surface area contributed by atoms with Gasteiger partial charge in [-0.25, -0.2) is 9.78 Å². The molecule has 1 aromatic heterocycles. The molecule has 88 valence electrons. The molecule has 3 N–H and O–H groups in total. The van der Waals surface area contributed by atoms with Gasteiger partial charge < -0.3 is 15.7 Å². The van der Waals surface area contributed by atoms with Gasteiger partial charge in [-0.1, -0.05) is 16.5 Å². The summed E-state index contributed by atoms with van der Waals surface area (Å²) in [6.45, 7) is 0. The number of hydrogen-bond acceptors (Lipinski definition) is 7. The molecule has 0 fully saturated rings. The Bertz CT molecular complexity index is 421. The standard InChI is InChI=1S/C7H8BrN3O3S2/c1-15-2-14-11-4(6(12)13)3-5(8)16-7(9)10-3/h2H2,1H3,(H2,9,10)(H,12,13)/b11-4-. The lowest BCUT2D eigenvalue weighted by Crippen LogP contribution is -2.16. The van der Waals surface area contributed by atoms with Crippen LogP contribution < -0.4 is 5.73 Å². The van der Waals surface area contributed by atoms with Crippen molar-refractivity contribution in [3.05, 3.63) is 9.48 Å². The highest BCUT2D eigenvalue weighted by Gasteiger charge is 2.21. The zero-order valence-corrected chi connectivity index (χ0v) is 11.4. The zero-order valence-electron chi connectivity index (χ0n) is 8.14. The lowest BCUT2D eigenvalue weighted by molar-refractivity contribution is -0.129. The minimum Gasteiger partial charge on any atom is -0.476 e. The third kappa shape index (κ3) is 3.35. The molecule has 0 saturated carbocycles. The third-order valence-corrected chi connectivity index (χ3v) is 3.23. The maximum atomic E-state index is 10.9. The number of carbonyl (C=O) groups is 1. The summed E-state index contributed by atoms with van der Waals surface area (Å²) in [7, 11) is 0. The number of hydrogen-bond donors (Lipinski definition) is 2. The van der Waals surface area contributed by atoms with Crippen LogP contribution in [0.2, 0.25) is 0 Å². The molecule has 0 spiro atoms. The van der Waals surface area contributed by atoms with E-state index in [1.165, 1.54) is 11.8 Å². The minimum absolute atomic E-state index is 0.177. The molecule has 6 nitrogen and oxygen atoms in total. The van der Waals surface area contributed by atoms with Gasteiger partial charge in [-0.05, 0) is 22.2 Å². The molecule has 0 saturated heterocycles. The van der Waals surface area contributed by atoms with Gasteiger partial charge in [0.2, 0.25) is 5.71 Å². The molecule has 0 aliphatic rings. The number of carboxylic acid groups (broad SMARTS) is 1. The Morgan fingerprint density at radius 1 is 1.81 bits per heavy atom. The van der Waals surface area contributed by atoms with Crippen molar-refractivity contribution >= 4 is 55.8 Å². The van der Waals surface area contributed by atoms with Crippen LogP contribution in [0.5, 0.6) is 0 Å². The van der Waals surface area contributed by atoms with Gasteiger partial charge in [-0.3, -0.25) is 0 Å². The number of carboxylic acids is 1. The van der Waals surface area contributed by atoms with Crippen LogP contribution in [0.3, 0.4) is 0 Å². The van der Waals surface area contributed by atoms with E-state index in [4.69, 9.17) is 15.7 Å². The van der Waals surface area contributed by atoms with Crippen molar-refractivity contribution in [2.45, 2.75) is 0 Å². The van der Waals surface area contributed by atoms with E-state index in [1.807, 2.05) is 6.26 Å². The summed E-state index contributed by atoms with van der Waals surface area (Å²) in [6, 6.07) is 0. The quantitative estimate of drug-likeness (QED) is 0.369. The Balaban J connectivity index is 2.98. The molecular formula is C7H8BrN3O3S2. The summed E-state index contributed by atoms with van der Waals surface area (Å²) in [5, 5.41) is 12.7. The summed E-state index contributed by atoms with van der Waals surface area (Å²) < 4.78 is 0.513. The van der Waals surface area contributed by atoms with Crippen molar-refractivity contribution in [3.8, 4) is 0 Å². The first-order chi connectivity index (χ1) is 7.56. The summed E-state index contributed by atoms with van der Waals surface area (Å²) in [4.78, 5) is 19.6. The van der Waals surface area contributed by atoms with Crippen LogP contribution in [-0.4, -0.2) is 34.0 Å². The van der Waals surface area contributed by atoms with Gasteiger partial charge in [0.1, 0.15) is 9.48 Å². The Morgan fingerprint density at radius 3 is 2.94 bits per heavy atom. The number of halogens is 1. The number of thiazole rings is 1. The molecule has 0 radical (unpaired) electrons. The molecule has 0 bridgehead atoms. The summed E-state index contributed by atoms with van der Waals surface area (Å²) in [6.07, 6.45) is 1.81. The lowest BCUT2D eigenvalue weighted by atomic mass is 10.3. The van der Waals surface area contributed by atoms with E-state index in [1.54, 1.807) is 0 Å². The van der Waals surface area contributed by atoms with Crippen LogP contribution in [0.4, 0.5) is 5.13 Å². The number of aliphatic carboxylic acids is 1. The molecule has 0 amide bonds. The van der Waals surface area contributed by atoms with Crippen LogP contribution in [0.25, 0.3) is 0 Å². The van der Waals surface area contributed by atoms with Crippen molar-refractivity contribution in [1.82, 2.24) is 4.98 Å². The van der Waals surface area contributed by atoms with Gasteiger partial charge in [0.25, 0.3) is 0 Å². The normalized spacial score (nSPS) is 11.5. The minimum atomic E-state index is -1.22. The Kier molecular flexibility index (Phi) is 5.03. The summed E-state index contributed by atoms with van der Waals surface area (Å²) in [5.74, 6) is -0.944. The number of nitrogens with two attached hydrogens (primary N) is 1. The Morgan fingerprint density at radius 2 is 2.50 bits per heavy atom. The first-order valence-corrected chi connectivity index (χ1v) is 6.91. The van der Waals surface area contributed by atoms with Crippen LogP contribution in [0.15, 0.2) is 8.94 Å². The molecular weight excluding hydrogens is 318 g/mol. The highest BCUT2D eigenvalue weighted by Crippen LogP contribution is 2.27. The highest BCUT2D eigenvalue weighted by atomic mass is 79.9. The highest BCUT2D eigenvalue weighted by molar-refractivity contribution is 9.11. The first-order valence-electron chi connectivity index (χ1n) is 3.90. The number of aromatic nitrogens is 1. The molecule has 0 aliphatic heterocycles. The van der Waals surface area contributed by atoms with Crippen LogP contribution in [-0.2, 0) is 9.63 Å². The fraction of sp³-hybridized carbons (Fsp3) is 0.286. The van der Waals surface area contributed by atoms with E-state index in [0.29, 0.717) is 3.79 Å². The van der Waals surface area contributed by atoms with E-state index in [2.05, 4.69) is 26.1 Å². The molecule has 0 unspecified atom stereocenters. The van der Waals surface area contributed by atoms with Gasteiger partial charge in [0.05, 0.1) is 0 Å². The van der Waals surface area contributed by atoms with Gasteiger partial charge in [-0.2, -0.15) is 0 Å². The van der Waals surface area contributed by atoms with Crippen molar-refractivity contribution in [3.63, 3.8) is 0 Å². The molecule has 0 aromatic carbocycles. The molecule has 16 heavy (non-hydrogen) atoms. The van der Waals surface area contributed by atoms with Crippen molar-refractivity contribution in [1.29, 1.82) is 0 Å². The second-order valence-corrected chi connectivity index (χ2v) is 5.62. The zero-order chi connectivity index (χ0) is 12.1. The molecule has 9 heteroatoms. The average molecular weight is 326 g/mol. The Labute approximate surface area is 108 Å². The number of rotatable bonds is 5. The molecule has 1 rings (SSSR count). The second-order valence-electron chi connectivity index (χ2n) is 2.46. The van der Waals surface area contributed by atoms with Gasteiger partial charge in [0, 0.05) is 0 Å². The molecule has 1 aromatic rings. The fourth-order valence-corrected chi connectivity index (χ4v) is 2.28. The fourth-order valence-electron chi connectivity index (χ4n) is 0.790. The van der Waals surface area contributed by atoms with E-state index in [0.717, 1.165) is 11.3 Å². The van der Waals surface area contributed by atoms with Gasteiger partial charge >= 0.3 is 5.97 Å². The monoisotopic (exact) mass is 325 g/mol. The summed E-state index contributed by atoms with van der Waals surface area (Å²) in [5.41, 5.74) is 5.36. The van der Waals surface area contributed by atoms with Crippen LogP contribution in [0.1, 0.15) is 5.69 Å². The lowest BCUT2D eigenvalue weighted by Gasteiger charge is -1.99. The molecule has 0 aliphatic carbocycles. The number of thioether (sulfide) groups is 1. The van der Waals surface area contributed by atoms with Crippen LogP contribution >= 0.6 is 39.0 Å². The number of anilines is 1. The summed E-state index contributed by atoms with van der Waals surface area (Å²) >= 11 is 5.68. The molecule has 0 atom stereocenters. The molecule has 1 heterocycles. The van der Waals surface area contributed by atoms with E-state index < -0.39 is 5.97 Å². The Hall–Kier alpha value is -0.800. The van der Waals surface area contributed by atoms with E-state index in [-0.39, 0.29) is 22.5 Å². The third-order valence-electron chi connectivity index (χ3n) is 1.36. The van der Waals surface area contributed by atoms with Gasteiger partial charge in [0.15, 0.2) is 11.1 Å². The van der Waals surface area contributed by atoms with Crippen LogP contribution in [0, 0.1) is 0 Å². The van der Waals surface area contributed by atoms with Crippen molar-refractivity contribution in [2.75, 3.05) is 17.9 Å².